The third-order valence-electron chi connectivity index (χ3n) is 2.29. The van der Waals surface area contributed by atoms with Gasteiger partial charge in [-0.1, -0.05) is 6.92 Å². The lowest BCUT2D eigenvalue weighted by atomic mass is 10.1. The fraction of sp³-hybridized carbons (Fsp3) is 0.417. The van der Waals surface area contributed by atoms with Crippen LogP contribution in [0.5, 0.6) is 0 Å². The first kappa shape index (κ1) is 13.2. The number of pyridine rings is 1. The van der Waals surface area contributed by atoms with Gasteiger partial charge in [0, 0.05) is 12.6 Å². The van der Waals surface area contributed by atoms with Crippen molar-refractivity contribution in [1.29, 1.82) is 0 Å². The first-order chi connectivity index (χ1) is 8.06. The van der Waals surface area contributed by atoms with Gasteiger partial charge in [-0.2, -0.15) is 5.48 Å². The molecule has 1 heterocycles. The van der Waals surface area contributed by atoms with Crippen molar-refractivity contribution in [1.82, 2.24) is 10.5 Å². The lowest BCUT2D eigenvalue weighted by Crippen LogP contribution is -2.27. The summed E-state index contributed by atoms with van der Waals surface area (Å²) in [5.41, 5.74) is 3.87. The van der Waals surface area contributed by atoms with Crippen LogP contribution in [0.1, 0.15) is 41.4 Å². The van der Waals surface area contributed by atoms with Gasteiger partial charge in [0.25, 0.3) is 5.91 Å². The van der Waals surface area contributed by atoms with Crippen LogP contribution in [0.2, 0.25) is 0 Å². The Labute approximate surface area is 100 Å². The summed E-state index contributed by atoms with van der Waals surface area (Å²) in [5.74, 6) is -0.891. The van der Waals surface area contributed by atoms with Crippen molar-refractivity contribution >= 4 is 11.9 Å². The average Bonchev–Trinajstić information content (AvgIpc) is 2.26. The van der Waals surface area contributed by atoms with Gasteiger partial charge in [0.1, 0.15) is 0 Å². The van der Waals surface area contributed by atoms with Gasteiger partial charge in [-0.15, -0.1) is 0 Å². The van der Waals surface area contributed by atoms with E-state index in [1.165, 1.54) is 0 Å². The van der Waals surface area contributed by atoms with Gasteiger partial charge in [-0.3, -0.25) is 9.78 Å². The van der Waals surface area contributed by atoms with Gasteiger partial charge in [-0.05, 0) is 31.9 Å². The summed E-state index contributed by atoms with van der Waals surface area (Å²) in [6.45, 7) is 5.38. The maximum absolute atomic E-state index is 11.7. The molecule has 17 heavy (non-hydrogen) atoms. The Kier molecular flexibility index (Phi) is 4.63. The van der Waals surface area contributed by atoms with Gasteiger partial charge < -0.3 is 4.84 Å². The molecule has 0 aliphatic rings. The zero-order chi connectivity index (χ0) is 12.8. The van der Waals surface area contributed by atoms with E-state index >= 15 is 0 Å². The second-order valence-corrected chi connectivity index (χ2v) is 3.75. The Morgan fingerprint density at radius 2 is 2.12 bits per heavy atom. The van der Waals surface area contributed by atoms with Crippen LogP contribution in [-0.2, 0) is 9.63 Å². The van der Waals surface area contributed by atoms with E-state index in [1.54, 1.807) is 26.1 Å². The SMILES string of the molecule is CCCC(=O)NOC(=O)c1c(C)ccnc1C. The Morgan fingerprint density at radius 3 is 2.71 bits per heavy atom. The minimum atomic E-state index is -0.586. The average molecular weight is 236 g/mol. The Hall–Kier alpha value is -1.91. The van der Waals surface area contributed by atoms with Crippen LogP contribution in [-0.4, -0.2) is 16.9 Å². The molecule has 5 nitrogen and oxygen atoms in total. The van der Waals surface area contributed by atoms with Gasteiger partial charge >= 0.3 is 5.97 Å². The number of carbonyl (C=O) groups is 2. The minimum absolute atomic E-state index is 0.306. The molecule has 1 rings (SSSR count). The maximum Gasteiger partial charge on any atom is 0.365 e. The molecule has 1 aromatic heterocycles. The molecule has 0 spiro atoms. The van der Waals surface area contributed by atoms with Gasteiger partial charge in [-0.25, -0.2) is 4.79 Å². The highest BCUT2D eigenvalue weighted by molar-refractivity contribution is 5.92. The fourth-order valence-electron chi connectivity index (χ4n) is 1.44. The molecule has 0 radical (unpaired) electrons. The minimum Gasteiger partial charge on any atom is -0.335 e. The van der Waals surface area contributed by atoms with Gasteiger partial charge in [0.05, 0.1) is 11.3 Å². The van der Waals surface area contributed by atoms with Gasteiger partial charge in [0.15, 0.2) is 0 Å². The third-order valence-corrected chi connectivity index (χ3v) is 2.29. The number of amides is 1. The molecule has 0 saturated heterocycles. The molecule has 5 heteroatoms. The van der Waals surface area contributed by atoms with E-state index in [-0.39, 0.29) is 5.91 Å². The standard InChI is InChI=1S/C12H16N2O3/c1-4-5-10(15)14-17-12(16)11-8(2)6-7-13-9(11)3/h6-7H,4-5H2,1-3H3,(H,14,15). The van der Waals surface area contributed by atoms with E-state index < -0.39 is 5.97 Å². The third kappa shape index (κ3) is 3.55. The quantitative estimate of drug-likeness (QED) is 0.811. The monoisotopic (exact) mass is 236 g/mol. The molecule has 0 aliphatic heterocycles. The molecular formula is C12H16N2O3. The van der Waals surface area contributed by atoms with Crippen LogP contribution in [0.3, 0.4) is 0 Å². The summed E-state index contributed by atoms with van der Waals surface area (Å²) in [6.07, 6.45) is 2.66. The second-order valence-electron chi connectivity index (χ2n) is 3.75. The molecule has 0 fully saturated rings. The van der Waals surface area contributed by atoms with E-state index in [9.17, 15) is 9.59 Å². The van der Waals surface area contributed by atoms with E-state index in [0.717, 1.165) is 5.56 Å². The van der Waals surface area contributed by atoms with Crippen LogP contribution in [0.25, 0.3) is 0 Å². The Morgan fingerprint density at radius 1 is 1.41 bits per heavy atom. The normalized spacial score (nSPS) is 9.82. The Bertz CT molecular complexity index is 410. The smallest absolute Gasteiger partial charge is 0.335 e. The molecule has 0 atom stereocenters. The number of hydroxylamine groups is 1. The lowest BCUT2D eigenvalue weighted by molar-refractivity contribution is -0.130. The number of rotatable bonds is 3. The summed E-state index contributed by atoms with van der Waals surface area (Å²) in [4.78, 5) is 31.6. The predicted molar refractivity (Wildman–Crippen MR) is 62.2 cm³/mol. The topological polar surface area (TPSA) is 68.3 Å². The number of aromatic nitrogens is 1. The van der Waals surface area contributed by atoms with E-state index in [1.807, 2.05) is 6.92 Å². The predicted octanol–water partition coefficient (Wildman–Crippen LogP) is 1.69. The molecule has 0 aliphatic carbocycles. The molecule has 1 amide bonds. The molecule has 0 bridgehead atoms. The van der Waals surface area contributed by atoms with Crippen LogP contribution >= 0.6 is 0 Å². The molecule has 0 saturated carbocycles. The maximum atomic E-state index is 11.7. The highest BCUT2D eigenvalue weighted by Crippen LogP contribution is 2.11. The second kappa shape index (κ2) is 5.98. The largest absolute Gasteiger partial charge is 0.365 e. The van der Waals surface area contributed by atoms with Crippen molar-refractivity contribution in [3.63, 3.8) is 0 Å². The zero-order valence-electron chi connectivity index (χ0n) is 10.2. The van der Waals surface area contributed by atoms with Gasteiger partial charge in [0.2, 0.25) is 0 Å². The van der Waals surface area contributed by atoms with Crippen LogP contribution in [0.4, 0.5) is 0 Å². The van der Waals surface area contributed by atoms with Crippen LogP contribution in [0, 0.1) is 13.8 Å². The molecular weight excluding hydrogens is 220 g/mol. The number of aryl methyl sites for hydroxylation is 2. The van der Waals surface area contributed by atoms with Crippen molar-refractivity contribution < 1.29 is 14.4 Å². The van der Waals surface area contributed by atoms with Crippen LogP contribution in [0.15, 0.2) is 12.3 Å². The summed E-state index contributed by atoms with van der Waals surface area (Å²) < 4.78 is 0. The summed E-state index contributed by atoms with van der Waals surface area (Å²) in [6, 6.07) is 1.72. The molecule has 0 aromatic carbocycles. The highest BCUT2D eigenvalue weighted by Gasteiger charge is 2.15. The molecule has 1 N–H and O–H groups in total. The number of nitrogens with zero attached hydrogens (tertiary/aromatic N) is 1. The number of hydrogen-bond donors (Lipinski definition) is 1. The zero-order valence-corrected chi connectivity index (χ0v) is 10.2. The van der Waals surface area contributed by atoms with Crippen molar-refractivity contribution in [2.45, 2.75) is 33.6 Å². The molecule has 1 aromatic rings. The van der Waals surface area contributed by atoms with Crippen molar-refractivity contribution in [2.24, 2.45) is 0 Å². The van der Waals surface area contributed by atoms with E-state index in [4.69, 9.17) is 4.84 Å². The first-order valence-corrected chi connectivity index (χ1v) is 5.48. The van der Waals surface area contributed by atoms with Crippen LogP contribution < -0.4 is 5.48 Å². The molecule has 92 valence electrons. The van der Waals surface area contributed by atoms with Crippen molar-refractivity contribution in [3.05, 3.63) is 29.1 Å². The van der Waals surface area contributed by atoms with Crippen molar-refractivity contribution in [3.8, 4) is 0 Å². The van der Waals surface area contributed by atoms with E-state index in [0.29, 0.717) is 24.1 Å². The molecule has 0 unspecified atom stereocenters. The van der Waals surface area contributed by atoms with Crippen molar-refractivity contribution in [2.75, 3.05) is 0 Å². The van der Waals surface area contributed by atoms with E-state index in [2.05, 4.69) is 10.5 Å². The number of hydrogen-bond acceptors (Lipinski definition) is 4. The highest BCUT2D eigenvalue weighted by atomic mass is 16.7. The number of nitrogens with one attached hydrogen (secondary N) is 1. The fourth-order valence-corrected chi connectivity index (χ4v) is 1.44. The summed E-state index contributed by atoms with van der Waals surface area (Å²) >= 11 is 0. The summed E-state index contributed by atoms with van der Waals surface area (Å²) in [7, 11) is 0. The summed E-state index contributed by atoms with van der Waals surface area (Å²) in [5, 5.41) is 0. The Balaban J connectivity index is 2.68. The number of carbonyl (C=O) groups excluding carboxylic acids is 2. The lowest BCUT2D eigenvalue weighted by Gasteiger charge is -2.08. The first-order valence-electron chi connectivity index (χ1n) is 5.48.